The number of rotatable bonds is 1. The quantitative estimate of drug-likeness (QED) is 0.474. The average Bonchev–Trinajstić information content (AvgIpc) is 3.19. The molecule has 4 rings (SSSR count). The summed E-state index contributed by atoms with van der Waals surface area (Å²) in [5, 5.41) is 2.62. The number of aryl methyl sites for hydroxylation is 2. The summed E-state index contributed by atoms with van der Waals surface area (Å²) in [4.78, 5) is 0. The van der Waals surface area contributed by atoms with Gasteiger partial charge in [-0.2, -0.15) is 6.08 Å². The van der Waals surface area contributed by atoms with Crippen LogP contribution in [-0.2, 0) is 26.2 Å². The smallest absolute Gasteiger partial charge is 1.00 e. The Morgan fingerprint density at radius 1 is 1.08 bits per heavy atom. The van der Waals surface area contributed by atoms with Crippen molar-refractivity contribution >= 4 is 10.8 Å². The summed E-state index contributed by atoms with van der Waals surface area (Å²) in [6.07, 6.45) is 12.2. The summed E-state index contributed by atoms with van der Waals surface area (Å²) in [7, 11) is 0. The first-order valence-corrected chi connectivity index (χ1v) is 7.27. The summed E-state index contributed by atoms with van der Waals surface area (Å²) < 4.78 is 2.25. The van der Waals surface area contributed by atoms with Crippen LogP contribution in [0.2, 0.25) is 0 Å². The number of benzene rings is 1. The molecule has 1 aliphatic carbocycles. The second-order valence-electron chi connectivity index (χ2n) is 5.37. The van der Waals surface area contributed by atoms with Gasteiger partial charge in [0.1, 0.15) is 0 Å². The Labute approximate surface area is 160 Å². The number of nitrogens with zero attached hydrogens (tertiary/aromatic N) is 1. The van der Waals surface area contributed by atoms with Crippen LogP contribution in [0.3, 0.4) is 0 Å². The molecule has 3 aromatic rings. The van der Waals surface area contributed by atoms with Crippen LogP contribution < -0.4 is 9.41 Å². The van der Waals surface area contributed by atoms with Gasteiger partial charge < -0.3 is 14.0 Å². The van der Waals surface area contributed by atoms with Crippen LogP contribution in [0.25, 0.3) is 16.5 Å². The van der Waals surface area contributed by atoms with Crippen molar-refractivity contribution in [2.45, 2.75) is 20.3 Å². The van der Waals surface area contributed by atoms with Gasteiger partial charge in [-0.1, -0.05) is 6.07 Å². The summed E-state index contributed by atoms with van der Waals surface area (Å²) >= 11 is 0. The van der Waals surface area contributed by atoms with E-state index in [1.165, 1.54) is 27.7 Å². The van der Waals surface area contributed by atoms with E-state index in [9.17, 15) is 0 Å². The van der Waals surface area contributed by atoms with E-state index in [0.717, 1.165) is 6.42 Å². The Balaban J connectivity index is 0.000000578. The van der Waals surface area contributed by atoms with Gasteiger partial charge in [-0.25, -0.2) is 12.2 Å². The molecule has 1 aliphatic rings. The molecular formula is C20H19F2NZr. The van der Waals surface area contributed by atoms with E-state index < -0.39 is 0 Å². The van der Waals surface area contributed by atoms with Gasteiger partial charge in [0.2, 0.25) is 0 Å². The minimum Gasteiger partial charge on any atom is -1.00 e. The van der Waals surface area contributed by atoms with E-state index in [4.69, 9.17) is 0 Å². The minimum atomic E-state index is 0. The van der Waals surface area contributed by atoms with Crippen molar-refractivity contribution in [1.29, 1.82) is 0 Å². The maximum atomic E-state index is 2.99. The van der Waals surface area contributed by atoms with Gasteiger partial charge in [0.15, 0.2) is 0 Å². The zero-order valence-corrected chi connectivity index (χ0v) is 16.2. The van der Waals surface area contributed by atoms with Crippen LogP contribution in [0.1, 0.15) is 17.7 Å². The van der Waals surface area contributed by atoms with Crippen molar-refractivity contribution in [2.24, 2.45) is 0 Å². The standard InChI is InChI=1S/C15H14N.C5H5.2FH.Zr/c1-11-7-12(2)16(10-11)15-8-13-5-3-4-6-14(13)9-15;1-2-4-5-3-1;;;/h3-10H,1-2H3;1-3H,4H2;2*1H;/q2*-1;;;+4/p-2. The summed E-state index contributed by atoms with van der Waals surface area (Å²) in [6.45, 7) is 4.27. The maximum Gasteiger partial charge on any atom is 4.00 e. The van der Waals surface area contributed by atoms with E-state index in [1.54, 1.807) is 0 Å². The zero-order valence-electron chi connectivity index (χ0n) is 13.8. The van der Waals surface area contributed by atoms with Gasteiger partial charge in [0.25, 0.3) is 0 Å². The SMILES string of the molecule is Cc1cc(C)n(-c2cc3ccccc3[cH-]2)c1.[C-]1=CC=CC1.[F-].[F-].[Zr+4]. The summed E-state index contributed by atoms with van der Waals surface area (Å²) in [6, 6.07) is 15.2. The van der Waals surface area contributed by atoms with Crippen molar-refractivity contribution in [1.82, 2.24) is 4.57 Å². The first kappa shape index (κ1) is 22.3. The molecule has 0 spiro atoms. The Kier molecular flexibility index (Phi) is 9.54. The molecule has 1 nitrogen and oxygen atoms in total. The Morgan fingerprint density at radius 2 is 1.83 bits per heavy atom. The van der Waals surface area contributed by atoms with Crippen LogP contribution in [0.5, 0.6) is 0 Å². The van der Waals surface area contributed by atoms with E-state index in [2.05, 4.69) is 79.2 Å². The van der Waals surface area contributed by atoms with Crippen LogP contribution in [0, 0.1) is 19.9 Å². The first-order chi connectivity index (χ1) is 10.2. The molecule has 0 saturated carbocycles. The molecule has 1 heterocycles. The van der Waals surface area contributed by atoms with Gasteiger partial charge in [-0.05, 0) is 31.2 Å². The Morgan fingerprint density at radius 3 is 2.33 bits per heavy atom. The van der Waals surface area contributed by atoms with Gasteiger partial charge in [0.05, 0.1) is 0 Å². The maximum absolute atomic E-state index is 2.99. The monoisotopic (exact) mass is 401 g/mol. The van der Waals surface area contributed by atoms with Crippen LogP contribution >= 0.6 is 0 Å². The Hall–Kier alpha value is -1.67. The van der Waals surface area contributed by atoms with Crippen LogP contribution in [0.4, 0.5) is 0 Å². The third-order valence-electron chi connectivity index (χ3n) is 3.62. The molecule has 0 N–H and O–H groups in total. The molecule has 0 bridgehead atoms. The van der Waals surface area contributed by atoms with E-state index in [0.29, 0.717) is 0 Å². The molecule has 0 aliphatic heterocycles. The molecule has 0 unspecified atom stereocenters. The second-order valence-corrected chi connectivity index (χ2v) is 5.37. The van der Waals surface area contributed by atoms with Gasteiger partial charge in [0, 0.05) is 11.9 Å². The molecule has 0 atom stereocenters. The minimum absolute atomic E-state index is 0. The fraction of sp³-hybridized carbons (Fsp3) is 0.150. The zero-order chi connectivity index (χ0) is 14.7. The van der Waals surface area contributed by atoms with Crippen molar-refractivity contribution < 1.29 is 35.6 Å². The van der Waals surface area contributed by atoms with Crippen molar-refractivity contribution in [3.8, 4) is 5.69 Å². The molecule has 122 valence electrons. The van der Waals surface area contributed by atoms with Crippen molar-refractivity contribution in [3.63, 3.8) is 0 Å². The summed E-state index contributed by atoms with van der Waals surface area (Å²) in [5.74, 6) is 0. The summed E-state index contributed by atoms with van der Waals surface area (Å²) in [5.41, 5.74) is 3.85. The molecule has 0 radical (unpaired) electrons. The number of fused-ring (bicyclic) bond motifs is 1. The number of hydrogen-bond acceptors (Lipinski definition) is 0. The van der Waals surface area contributed by atoms with Crippen molar-refractivity contribution in [3.05, 3.63) is 84.2 Å². The molecule has 0 amide bonds. The number of hydrogen-bond donors (Lipinski definition) is 0. The van der Waals surface area contributed by atoms with Crippen molar-refractivity contribution in [2.75, 3.05) is 0 Å². The molecule has 1 aromatic heterocycles. The number of aromatic nitrogens is 1. The molecule has 0 fully saturated rings. The third kappa shape index (κ3) is 5.17. The topological polar surface area (TPSA) is 4.93 Å². The van der Waals surface area contributed by atoms with Gasteiger partial charge in [-0.3, -0.25) is 6.08 Å². The number of halogens is 2. The normalized spacial score (nSPS) is 11.1. The van der Waals surface area contributed by atoms with Crippen LogP contribution in [-0.4, -0.2) is 4.57 Å². The van der Waals surface area contributed by atoms with E-state index in [-0.39, 0.29) is 35.6 Å². The van der Waals surface area contributed by atoms with Gasteiger partial charge >= 0.3 is 26.2 Å². The largest absolute Gasteiger partial charge is 4.00 e. The fourth-order valence-corrected chi connectivity index (χ4v) is 2.63. The fourth-order valence-electron chi connectivity index (χ4n) is 2.63. The van der Waals surface area contributed by atoms with Gasteiger partial charge in [-0.15, -0.1) is 47.5 Å². The second kappa shape index (κ2) is 10.3. The predicted molar refractivity (Wildman–Crippen MR) is 89.9 cm³/mol. The third-order valence-corrected chi connectivity index (χ3v) is 3.62. The van der Waals surface area contributed by atoms with Crippen LogP contribution in [0.15, 0.2) is 66.9 Å². The molecule has 0 saturated heterocycles. The molecule has 24 heavy (non-hydrogen) atoms. The predicted octanol–water partition coefficient (Wildman–Crippen LogP) is -0.723. The van der Waals surface area contributed by atoms with E-state index >= 15 is 0 Å². The van der Waals surface area contributed by atoms with E-state index in [1.807, 2.05) is 12.2 Å². The molecular weight excluding hydrogens is 383 g/mol. The first-order valence-electron chi connectivity index (χ1n) is 7.27. The molecule has 4 heteroatoms. The Bertz CT molecular complexity index is 769. The number of allylic oxidation sites excluding steroid dienone is 4. The molecule has 2 aromatic carbocycles. The average molecular weight is 403 g/mol.